The van der Waals surface area contributed by atoms with E-state index in [1.54, 1.807) is 12.1 Å². The number of rotatable bonds is 5. The van der Waals surface area contributed by atoms with Gasteiger partial charge in [-0.05, 0) is 30.5 Å². The van der Waals surface area contributed by atoms with Crippen molar-refractivity contribution in [2.75, 3.05) is 35.6 Å². The molecule has 0 aliphatic carbocycles. The summed E-state index contributed by atoms with van der Waals surface area (Å²) in [5.74, 6) is -0.936. The molecule has 0 unspecified atom stereocenters. The van der Waals surface area contributed by atoms with Crippen molar-refractivity contribution in [1.82, 2.24) is 5.32 Å². The van der Waals surface area contributed by atoms with Crippen LogP contribution in [0.2, 0.25) is 0 Å². The molecule has 1 aliphatic rings. The number of hydrogen-bond acceptors (Lipinski definition) is 5. The smallest absolute Gasteiger partial charge is 0.313 e. The first-order valence-corrected chi connectivity index (χ1v) is 9.63. The summed E-state index contributed by atoms with van der Waals surface area (Å²) < 4.78 is 30.6. The number of amides is 2. The Labute approximate surface area is 147 Å². The summed E-state index contributed by atoms with van der Waals surface area (Å²) >= 11 is 0. The van der Waals surface area contributed by atoms with Crippen LogP contribution in [0.25, 0.3) is 0 Å². The molecule has 1 saturated heterocycles. The minimum atomic E-state index is -3.34. The number of ether oxygens (including phenoxy) is 1. The Balaban J connectivity index is 2.20. The Morgan fingerprint density at radius 2 is 2.00 bits per heavy atom. The zero-order valence-electron chi connectivity index (χ0n) is 14.5. The highest BCUT2D eigenvalue weighted by Gasteiger charge is 2.29. The highest BCUT2D eigenvalue weighted by molar-refractivity contribution is 7.93. The van der Waals surface area contributed by atoms with E-state index in [0.717, 1.165) is 0 Å². The van der Waals surface area contributed by atoms with Gasteiger partial charge in [-0.1, -0.05) is 13.8 Å². The van der Waals surface area contributed by atoms with Crippen LogP contribution in [0.15, 0.2) is 18.2 Å². The molecule has 1 heterocycles. The van der Waals surface area contributed by atoms with Crippen LogP contribution < -0.4 is 19.7 Å². The third-order valence-corrected chi connectivity index (χ3v) is 5.57. The maximum Gasteiger partial charge on any atom is 0.313 e. The van der Waals surface area contributed by atoms with Crippen molar-refractivity contribution < 1.29 is 22.7 Å². The summed E-state index contributed by atoms with van der Waals surface area (Å²) in [6.07, 6.45) is 0.549. The predicted molar refractivity (Wildman–Crippen MR) is 95.2 cm³/mol. The molecule has 9 heteroatoms. The van der Waals surface area contributed by atoms with Gasteiger partial charge in [0, 0.05) is 13.1 Å². The van der Waals surface area contributed by atoms with E-state index in [4.69, 9.17) is 4.74 Å². The zero-order valence-corrected chi connectivity index (χ0v) is 15.4. The normalized spacial score (nSPS) is 15.9. The van der Waals surface area contributed by atoms with Crippen LogP contribution in [0.3, 0.4) is 0 Å². The largest absolute Gasteiger partial charge is 0.495 e. The second-order valence-corrected chi connectivity index (χ2v) is 8.20. The summed E-state index contributed by atoms with van der Waals surface area (Å²) in [5.41, 5.74) is 0.669. The van der Waals surface area contributed by atoms with E-state index in [2.05, 4.69) is 10.6 Å². The fourth-order valence-corrected chi connectivity index (χ4v) is 3.99. The molecule has 0 bridgehead atoms. The summed E-state index contributed by atoms with van der Waals surface area (Å²) in [4.78, 5) is 23.9. The molecule has 0 spiro atoms. The van der Waals surface area contributed by atoms with Gasteiger partial charge in [0.25, 0.3) is 0 Å². The highest BCUT2D eigenvalue weighted by atomic mass is 32.2. The molecular formula is C16H23N3O5S. The van der Waals surface area contributed by atoms with E-state index < -0.39 is 21.8 Å². The molecule has 8 nitrogen and oxygen atoms in total. The topological polar surface area (TPSA) is 105 Å². The van der Waals surface area contributed by atoms with Crippen LogP contribution in [-0.4, -0.2) is 46.2 Å². The molecule has 2 rings (SSSR count). The van der Waals surface area contributed by atoms with E-state index in [9.17, 15) is 18.0 Å². The van der Waals surface area contributed by atoms with Crippen molar-refractivity contribution in [2.45, 2.75) is 20.3 Å². The molecular weight excluding hydrogens is 346 g/mol. The van der Waals surface area contributed by atoms with Gasteiger partial charge in [0.2, 0.25) is 10.0 Å². The van der Waals surface area contributed by atoms with Crippen molar-refractivity contribution in [3.8, 4) is 5.75 Å². The molecule has 0 radical (unpaired) electrons. The van der Waals surface area contributed by atoms with E-state index in [1.807, 2.05) is 13.8 Å². The number of benzene rings is 1. The Morgan fingerprint density at radius 3 is 2.56 bits per heavy atom. The molecule has 1 aliphatic heterocycles. The number of nitrogens with one attached hydrogen (secondary N) is 2. The van der Waals surface area contributed by atoms with Gasteiger partial charge in [-0.3, -0.25) is 13.9 Å². The minimum absolute atomic E-state index is 0.0956. The summed E-state index contributed by atoms with van der Waals surface area (Å²) in [6.45, 7) is 4.61. The molecule has 1 aromatic carbocycles. The molecule has 0 saturated carbocycles. The maximum atomic E-state index is 12.1. The van der Waals surface area contributed by atoms with Gasteiger partial charge in [-0.25, -0.2) is 8.42 Å². The first-order valence-electron chi connectivity index (χ1n) is 8.02. The SMILES string of the molecule is COc1ccc(N2CCCS2(=O)=O)cc1NC(=O)C(=O)NCC(C)C. The molecule has 1 fully saturated rings. The van der Waals surface area contributed by atoms with Crippen LogP contribution in [0, 0.1) is 5.92 Å². The first kappa shape index (κ1) is 19.0. The Bertz CT molecular complexity index is 761. The second kappa shape index (κ2) is 7.73. The van der Waals surface area contributed by atoms with Crippen LogP contribution in [0.4, 0.5) is 11.4 Å². The van der Waals surface area contributed by atoms with E-state index in [0.29, 0.717) is 30.9 Å². The van der Waals surface area contributed by atoms with Crippen molar-refractivity contribution in [3.63, 3.8) is 0 Å². The Hall–Kier alpha value is -2.29. The summed E-state index contributed by atoms with van der Waals surface area (Å²) in [5, 5.41) is 5.00. The van der Waals surface area contributed by atoms with Crippen molar-refractivity contribution in [1.29, 1.82) is 0 Å². The van der Waals surface area contributed by atoms with Crippen molar-refractivity contribution in [2.24, 2.45) is 5.92 Å². The van der Waals surface area contributed by atoms with Crippen LogP contribution in [0.5, 0.6) is 5.75 Å². The molecule has 2 N–H and O–H groups in total. The number of carbonyl (C=O) groups excluding carboxylic acids is 2. The van der Waals surface area contributed by atoms with E-state index >= 15 is 0 Å². The zero-order chi connectivity index (χ0) is 18.6. The van der Waals surface area contributed by atoms with Gasteiger partial charge in [0.15, 0.2) is 0 Å². The minimum Gasteiger partial charge on any atom is -0.495 e. The third kappa shape index (κ3) is 4.62. The van der Waals surface area contributed by atoms with Crippen LogP contribution >= 0.6 is 0 Å². The van der Waals surface area contributed by atoms with E-state index in [1.165, 1.54) is 17.5 Å². The quantitative estimate of drug-likeness (QED) is 0.752. The Morgan fingerprint density at radius 1 is 1.28 bits per heavy atom. The monoisotopic (exact) mass is 369 g/mol. The van der Waals surface area contributed by atoms with Crippen molar-refractivity contribution >= 4 is 33.2 Å². The predicted octanol–water partition coefficient (Wildman–Crippen LogP) is 0.946. The summed E-state index contributed by atoms with van der Waals surface area (Å²) in [6, 6.07) is 4.66. The van der Waals surface area contributed by atoms with E-state index in [-0.39, 0.29) is 17.4 Å². The number of hydrogen-bond donors (Lipinski definition) is 2. The number of anilines is 2. The molecule has 138 valence electrons. The molecule has 0 atom stereocenters. The fourth-order valence-electron chi connectivity index (χ4n) is 2.43. The van der Waals surface area contributed by atoms with Crippen molar-refractivity contribution in [3.05, 3.63) is 18.2 Å². The first-order chi connectivity index (χ1) is 11.7. The number of methoxy groups -OCH3 is 1. The lowest BCUT2D eigenvalue weighted by Crippen LogP contribution is -2.37. The average Bonchev–Trinajstić information content (AvgIpc) is 2.91. The van der Waals surface area contributed by atoms with Gasteiger partial charge < -0.3 is 15.4 Å². The number of carbonyl (C=O) groups is 2. The molecule has 0 aromatic heterocycles. The maximum absolute atomic E-state index is 12.1. The van der Waals surface area contributed by atoms with Crippen LogP contribution in [-0.2, 0) is 19.6 Å². The van der Waals surface area contributed by atoms with Gasteiger partial charge >= 0.3 is 11.8 Å². The second-order valence-electron chi connectivity index (χ2n) is 6.18. The van der Waals surface area contributed by atoms with Gasteiger partial charge in [0.1, 0.15) is 5.75 Å². The standard InChI is InChI=1S/C16H23N3O5S/c1-11(2)10-17-15(20)16(21)18-13-9-12(5-6-14(13)24-3)19-7-4-8-25(19,22)23/h5-6,9,11H,4,7-8,10H2,1-3H3,(H,17,20)(H,18,21). The molecule has 25 heavy (non-hydrogen) atoms. The molecule has 2 amide bonds. The lowest BCUT2D eigenvalue weighted by Gasteiger charge is -2.19. The summed E-state index contributed by atoms with van der Waals surface area (Å²) in [7, 11) is -1.91. The highest BCUT2D eigenvalue weighted by Crippen LogP contribution is 2.32. The fraction of sp³-hybridized carbons (Fsp3) is 0.500. The third-order valence-electron chi connectivity index (χ3n) is 3.70. The van der Waals surface area contributed by atoms with Gasteiger partial charge in [0.05, 0.1) is 24.2 Å². The average molecular weight is 369 g/mol. The lowest BCUT2D eigenvalue weighted by atomic mass is 10.2. The lowest BCUT2D eigenvalue weighted by molar-refractivity contribution is -0.136. The number of sulfonamides is 1. The van der Waals surface area contributed by atoms with Gasteiger partial charge in [-0.15, -0.1) is 0 Å². The Kier molecular flexibility index (Phi) is 5.89. The van der Waals surface area contributed by atoms with Gasteiger partial charge in [-0.2, -0.15) is 0 Å². The number of nitrogens with zero attached hydrogens (tertiary/aromatic N) is 1. The molecule has 1 aromatic rings. The van der Waals surface area contributed by atoms with Crippen LogP contribution in [0.1, 0.15) is 20.3 Å².